The Balaban J connectivity index is 1.55. The third-order valence-corrected chi connectivity index (χ3v) is 5.04. The first kappa shape index (κ1) is 14.2. The highest BCUT2D eigenvalue weighted by Crippen LogP contribution is 2.17. The lowest BCUT2D eigenvalue weighted by atomic mass is 10.3. The molecule has 0 fully saturated rings. The van der Waals surface area contributed by atoms with Gasteiger partial charge in [0.1, 0.15) is 11.5 Å². The van der Waals surface area contributed by atoms with Gasteiger partial charge in [-0.05, 0) is 30.5 Å². The van der Waals surface area contributed by atoms with Gasteiger partial charge in [-0.3, -0.25) is 4.79 Å². The van der Waals surface area contributed by atoms with Crippen LogP contribution in [0, 0.1) is 6.92 Å². The van der Waals surface area contributed by atoms with Crippen molar-refractivity contribution in [1.29, 1.82) is 0 Å². The summed E-state index contributed by atoms with van der Waals surface area (Å²) >= 11 is 1.70. The minimum absolute atomic E-state index is 0.0541. The fourth-order valence-corrected chi connectivity index (χ4v) is 3.66. The number of rotatable bonds is 3. The van der Waals surface area contributed by atoms with Crippen LogP contribution in [0.5, 0.6) is 0 Å². The van der Waals surface area contributed by atoms with E-state index < -0.39 is 0 Å². The largest absolute Gasteiger partial charge is 0.338 e. The molecule has 23 heavy (non-hydrogen) atoms. The van der Waals surface area contributed by atoms with E-state index in [1.807, 2.05) is 40.8 Å². The number of carbonyl (C=O) groups excluding carboxylic acids is 1. The van der Waals surface area contributed by atoms with Crippen molar-refractivity contribution >= 4 is 17.2 Å². The summed E-state index contributed by atoms with van der Waals surface area (Å²) in [6.07, 6.45) is 1.96. The van der Waals surface area contributed by atoms with E-state index in [1.165, 1.54) is 4.88 Å². The van der Waals surface area contributed by atoms with E-state index in [0.717, 1.165) is 30.4 Å². The summed E-state index contributed by atoms with van der Waals surface area (Å²) in [5.74, 6) is 1.82. The van der Waals surface area contributed by atoms with E-state index in [0.29, 0.717) is 13.1 Å². The third-order valence-electron chi connectivity index (χ3n) is 4.18. The third kappa shape index (κ3) is 2.57. The van der Waals surface area contributed by atoms with Crippen molar-refractivity contribution in [3.8, 4) is 0 Å². The van der Waals surface area contributed by atoms with Gasteiger partial charge in [0.15, 0.2) is 5.82 Å². The topological polar surface area (TPSA) is 56.0 Å². The van der Waals surface area contributed by atoms with Crippen molar-refractivity contribution in [1.82, 2.24) is 24.2 Å². The Morgan fingerprint density at radius 2 is 2.17 bits per heavy atom. The van der Waals surface area contributed by atoms with Crippen LogP contribution in [0.4, 0.5) is 0 Å². The first-order chi connectivity index (χ1) is 11.2. The number of hydrogen-bond donors (Lipinski definition) is 0. The molecule has 118 valence electrons. The highest BCUT2D eigenvalue weighted by molar-refractivity contribution is 7.09. The number of thiophene rings is 1. The molecule has 6 nitrogen and oxygen atoms in total. The van der Waals surface area contributed by atoms with Gasteiger partial charge < -0.3 is 14.0 Å². The lowest BCUT2D eigenvalue weighted by Crippen LogP contribution is -2.39. The zero-order valence-electron chi connectivity index (χ0n) is 12.8. The average Bonchev–Trinajstić information content (AvgIpc) is 3.29. The molecule has 1 aliphatic heterocycles. The first-order valence-corrected chi connectivity index (χ1v) is 8.46. The number of aromatic nitrogens is 4. The molecule has 7 heteroatoms. The fraction of sp³-hybridized carbons (Fsp3) is 0.312. The fourth-order valence-electron chi connectivity index (χ4n) is 2.96. The minimum Gasteiger partial charge on any atom is -0.338 e. The Bertz CT molecular complexity index is 833. The molecule has 0 unspecified atom stereocenters. The molecule has 0 spiro atoms. The van der Waals surface area contributed by atoms with Crippen LogP contribution in [0.2, 0.25) is 0 Å². The van der Waals surface area contributed by atoms with E-state index in [2.05, 4.69) is 26.2 Å². The Morgan fingerprint density at radius 3 is 3.00 bits per heavy atom. The molecule has 0 atom stereocenters. The van der Waals surface area contributed by atoms with Crippen LogP contribution in [0.15, 0.2) is 35.8 Å². The lowest BCUT2D eigenvalue weighted by molar-refractivity contribution is 0.0696. The van der Waals surface area contributed by atoms with E-state index in [-0.39, 0.29) is 5.91 Å². The first-order valence-electron chi connectivity index (χ1n) is 7.58. The van der Waals surface area contributed by atoms with Crippen LogP contribution in [0.1, 0.15) is 27.0 Å². The van der Waals surface area contributed by atoms with Crippen molar-refractivity contribution in [2.75, 3.05) is 6.54 Å². The number of hydrogen-bond acceptors (Lipinski definition) is 4. The molecular formula is C16H17N5OS. The van der Waals surface area contributed by atoms with Crippen LogP contribution in [-0.2, 0) is 19.6 Å². The zero-order chi connectivity index (χ0) is 15.8. The quantitative estimate of drug-likeness (QED) is 0.741. The monoisotopic (exact) mass is 327 g/mol. The highest BCUT2D eigenvalue weighted by Gasteiger charge is 2.25. The van der Waals surface area contributed by atoms with Gasteiger partial charge >= 0.3 is 0 Å². The molecule has 3 aromatic heterocycles. The second kappa shape index (κ2) is 5.66. The predicted octanol–water partition coefficient (Wildman–Crippen LogP) is 2.15. The molecule has 0 aromatic carbocycles. The number of aryl methyl sites for hydroxylation is 1. The lowest BCUT2D eigenvalue weighted by Gasteiger charge is -2.28. The summed E-state index contributed by atoms with van der Waals surface area (Å²) < 4.78 is 4.09. The van der Waals surface area contributed by atoms with E-state index in [4.69, 9.17) is 0 Å². The van der Waals surface area contributed by atoms with Gasteiger partial charge in [0.25, 0.3) is 5.91 Å². The SMILES string of the molecule is Cc1nnc2n1CCN(C(=O)c1cccn1Cc1cccs1)C2. The van der Waals surface area contributed by atoms with Crippen molar-refractivity contribution < 1.29 is 4.79 Å². The molecule has 0 saturated carbocycles. The Morgan fingerprint density at radius 1 is 1.26 bits per heavy atom. The summed E-state index contributed by atoms with van der Waals surface area (Å²) in [6, 6.07) is 7.94. The molecule has 0 aliphatic carbocycles. The Hall–Kier alpha value is -2.41. The van der Waals surface area contributed by atoms with Crippen molar-refractivity contribution in [3.63, 3.8) is 0 Å². The van der Waals surface area contributed by atoms with Gasteiger partial charge in [-0.1, -0.05) is 6.07 Å². The van der Waals surface area contributed by atoms with Crippen molar-refractivity contribution in [2.45, 2.75) is 26.6 Å². The standard InChI is InChI=1S/C16H17N5OS/c1-12-17-18-15-11-20(7-8-21(12)15)16(22)14-5-2-6-19(14)10-13-4-3-9-23-13/h2-6,9H,7-8,10-11H2,1H3. The van der Waals surface area contributed by atoms with Gasteiger partial charge in [-0.2, -0.15) is 0 Å². The molecule has 4 rings (SSSR count). The normalized spacial score (nSPS) is 14.0. The number of amides is 1. The van der Waals surface area contributed by atoms with Crippen LogP contribution in [0.25, 0.3) is 0 Å². The van der Waals surface area contributed by atoms with E-state index in [1.54, 1.807) is 11.3 Å². The molecule has 4 heterocycles. The Labute approximate surface area is 138 Å². The van der Waals surface area contributed by atoms with Crippen LogP contribution < -0.4 is 0 Å². The van der Waals surface area contributed by atoms with Crippen molar-refractivity contribution in [2.24, 2.45) is 0 Å². The Kier molecular flexibility index (Phi) is 3.49. The van der Waals surface area contributed by atoms with Crippen molar-refractivity contribution in [3.05, 3.63) is 58.1 Å². The molecule has 1 amide bonds. The molecule has 3 aromatic rings. The molecule has 1 aliphatic rings. The van der Waals surface area contributed by atoms with Gasteiger partial charge in [-0.25, -0.2) is 0 Å². The summed E-state index contributed by atoms with van der Waals surface area (Å²) in [5.41, 5.74) is 0.725. The predicted molar refractivity (Wildman–Crippen MR) is 87.4 cm³/mol. The van der Waals surface area contributed by atoms with Gasteiger partial charge in [0.2, 0.25) is 0 Å². The molecule has 0 radical (unpaired) electrons. The maximum Gasteiger partial charge on any atom is 0.270 e. The summed E-state index contributed by atoms with van der Waals surface area (Å²) in [5, 5.41) is 10.3. The molecule has 0 bridgehead atoms. The second-order valence-corrected chi connectivity index (χ2v) is 6.67. The smallest absolute Gasteiger partial charge is 0.270 e. The van der Waals surface area contributed by atoms with Gasteiger partial charge in [0, 0.05) is 24.2 Å². The second-order valence-electron chi connectivity index (χ2n) is 5.64. The van der Waals surface area contributed by atoms with Crippen LogP contribution >= 0.6 is 11.3 Å². The minimum atomic E-state index is 0.0541. The number of carbonyl (C=O) groups is 1. The van der Waals surface area contributed by atoms with Crippen LogP contribution in [0.3, 0.4) is 0 Å². The number of nitrogens with zero attached hydrogens (tertiary/aromatic N) is 5. The van der Waals surface area contributed by atoms with E-state index >= 15 is 0 Å². The average molecular weight is 327 g/mol. The molecule has 0 N–H and O–H groups in total. The van der Waals surface area contributed by atoms with E-state index in [9.17, 15) is 4.79 Å². The van der Waals surface area contributed by atoms with Gasteiger partial charge in [0.05, 0.1) is 13.1 Å². The van der Waals surface area contributed by atoms with Gasteiger partial charge in [-0.15, -0.1) is 21.5 Å². The molecular weight excluding hydrogens is 310 g/mol. The zero-order valence-corrected chi connectivity index (χ0v) is 13.7. The molecule has 0 saturated heterocycles. The highest BCUT2D eigenvalue weighted by atomic mass is 32.1. The summed E-state index contributed by atoms with van der Waals surface area (Å²) in [7, 11) is 0. The summed E-state index contributed by atoms with van der Waals surface area (Å²) in [4.78, 5) is 16.0. The number of fused-ring (bicyclic) bond motifs is 1. The van der Waals surface area contributed by atoms with Crippen LogP contribution in [-0.4, -0.2) is 36.7 Å². The maximum absolute atomic E-state index is 12.9. The maximum atomic E-state index is 12.9. The summed E-state index contributed by atoms with van der Waals surface area (Å²) in [6.45, 7) is 4.64.